The van der Waals surface area contributed by atoms with E-state index in [1.165, 1.54) is 6.42 Å². The van der Waals surface area contributed by atoms with Crippen molar-refractivity contribution in [2.75, 3.05) is 13.1 Å². The van der Waals surface area contributed by atoms with Crippen molar-refractivity contribution in [3.63, 3.8) is 0 Å². The molecule has 3 rings (SSSR count). The van der Waals surface area contributed by atoms with Crippen molar-refractivity contribution >= 4 is 5.91 Å². The van der Waals surface area contributed by atoms with Crippen LogP contribution in [-0.4, -0.2) is 33.8 Å². The summed E-state index contributed by atoms with van der Waals surface area (Å²) in [5.41, 5.74) is 4.58. The summed E-state index contributed by atoms with van der Waals surface area (Å²) in [6.07, 6.45) is 7.17. The molecule has 0 spiro atoms. The smallest absolute Gasteiger partial charge is 0.265 e. The zero-order chi connectivity index (χ0) is 13.8. The summed E-state index contributed by atoms with van der Waals surface area (Å²) in [5, 5.41) is 6.17. The number of nitrogens with one attached hydrogen (secondary N) is 1. The van der Waals surface area contributed by atoms with Gasteiger partial charge in [-0.2, -0.15) is 5.10 Å². The Kier molecular flexibility index (Phi) is 3.78. The van der Waals surface area contributed by atoms with E-state index in [0.717, 1.165) is 31.6 Å². The van der Waals surface area contributed by atoms with E-state index in [4.69, 9.17) is 0 Å². The molecule has 0 unspecified atom stereocenters. The number of aromatic nitrogens is 2. The molecule has 20 heavy (non-hydrogen) atoms. The van der Waals surface area contributed by atoms with E-state index in [1.807, 2.05) is 41.5 Å². The second-order valence-corrected chi connectivity index (χ2v) is 4.99. The van der Waals surface area contributed by atoms with E-state index < -0.39 is 0 Å². The van der Waals surface area contributed by atoms with Crippen molar-refractivity contribution in [2.24, 2.45) is 0 Å². The number of carbonyl (C=O) groups excluding carboxylic acids is 1. The predicted octanol–water partition coefficient (Wildman–Crippen LogP) is 2.00. The minimum Gasteiger partial charge on any atom is -0.285 e. The Balaban J connectivity index is 1.66. The van der Waals surface area contributed by atoms with Crippen molar-refractivity contribution in [1.82, 2.24) is 20.2 Å². The maximum Gasteiger partial charge on any atom is 0.265 e. The Morgan fingerprint density at radius 1 is 1.10 bits per heavy atom. The highest BCUT2D eigenvalue weighted by Gasteiger charge is 2.13. The zero-order valence-electron chi connectivity index (χ0n) is 11.3. The number of rotatable bonds is 3. The zero-order valence-corrected chi connectivity index (χ0v) is 11.3. The lowest BCUT2D eigenvalue weighted by atomic mass is 10.1. The molecule has 1 fully saturated rings. The molecule has 1 N–H and O–H groups in total. The summed E-state index contributed by atoms with van der Waals surface area (Å²) in [6, 6.07) is 9.33. The van der Waals surface area contributed by atoms with E-state index >= 15 is 0 Å². The largest absolute Gasteiger partial charge is 0.285 e. The molecule has 1 amide bonds. The van der Waals surface area contributed by atoms with Gasteiger partial charge in [-0.3, -0.25) is 10.2 Å². The maximum absolute atomic E-state index is 12.1. The number of hydrazine groups is 1. The molecule has 5 nitrogen and oxygen atoms in total. The van der Waals surface area contributed by atoms with Gasteiger partial charge in [0.15, 0.2) is 0 Å². The van der Waals surface area contributed by atoms with Crippen LogP contribution in [-0.2, 0) is 0 Å². The fourth-order valence-corrected chi connectivity index (χ4v) is 2.40. The van der Waals surface area contributed by atoms with E-state index in [0.29, 0.717) is 5.56 Å². The van der Waals surface area contributed by atoms with Gasteiger partial charge in [0.2, 0.25) is 0 Å². The molecule has 1 aliphatic rings. The Morgan fingerprint density at radius 2 is 1.85 bits per heavy atom. The first-order valence-corrected chi connectivity index (χ1v) is 6.99. The van der Waals surface area contributed by atoms with Crippen LogP contribution in [0.1, 0.15) is 29.6 Å². The van der Waals surface area contributed by atoms with Crippen LogP contribution in [0, 0.1) is 0 Å². The molecule has 2 heterocycles. The number of amides is 1. The Hall–Kier alpha value is -2.14. The summed E-state index contributed by atoms with van der Waals surface area (Å²) in [4.78, 5) is 12.1. The Labute approximate surface area is 118 Å². The lowest BCUT2D eigenvalue weighted by Crippen LogP contribution is -2.45. The highest BCUT2D eigenvalue weighted by molar-refractivity contribution is 5.94. The highest BCUT2D eigenvalue weighted by atomic mass is 16.2. The second-order valence-electron chi connectivity index (χ2n) is 4.99. The molecular formula is C15H18N4O. The SMILES string of the molecule is O=C(NN1CCCCC1)c1ccc(-n2cccn2)cc1. The van der Waals surface area contributed by atoms with Crippen LogP contribution in [0.3, 0.4) is 0 Å². The van der Waals surface area contributed by atoms with E-state index in [2.05, 4.69) is 10.5 Å². The number of hydrogen-bond acceptors (Lipinski definition) is 3. The molecule has 0 saturated carbocycles. The minimum absolute atomic E-state index is 0.0427. The maximum atomic E-state index is 12.1. The lowest BCUT2D eigenvalue weighted by Gasteiger charge is -2.26. The fraction of sp³-hybridized carbons (Fsp3) is 0.333. The highest BCUT2D eigenvalue weighted by Crippen LogP contribution is 2.10. The molecule has 1 saturated heterocycles. The van der Waals surface area contributed by atoms with Gasteiger partial charge in [0.05, 0.1) is 5.69 Å². The van der Waals surface area contributed by atoms with Crippen LogP contribution in [0.25, 0.3) is 5.69 Å². The molecular weight excluding hydrogens is 252 g/mol. The molecule has 0 aliphatic carbocycles. The van der Waals surface area contributed by atoms with Gasteiger partial charge in [0.1, 0.15) is 0 Å². The second kappa shape index (κ2) is 5.88. The predicted molar refractivity (Wildman–Crippen MR) is 76.5 cm³/mol. The van der Waals surface area contributed by atoms with Gasteiger partial charge in [0.25, 0.3) is 5.91 Å². The summed E-state index contributed by atoms with van der Waals surface area (Å²) in [5.74, 6) is -0.0427. The van der Waals surface area contributed by atoms with Crippen molar-refractivity contribution in [2.45, 2.75) is 19.3 Å². The van der Waals surface area contributed by atoms with E-state index in [9.17, 15) is 4.79 Å². The van der Waals surface area contributed by atoms with E-state index in [-0.39, 0.29) is 5.91 Å². The molecule has 1 aliphatic heterocycles. The average Bonchev–Trinajstić information content (AvgIpc) is 3.03. The molecule has 1 aromatic carbocycles. The number of carbonyl (C=O) groups is 1. The quantitative estimate of drug-likeness (QED) is 0.928. The van der Waals surface area contributed by atoms with Gasteiger partial charge in [-0.15, -0.1) is 0 Å². The first-order valence-electron chi connectivity index (χ1n) is 6.99. The first-order chi connectivity index (χ1) is 9.83. The van der Waals surface area contributed by atoms with Crippen molar-refractivity contribution < 1.29 is 4.79 Å². The van der Waals surface area contributed by atoms with Gasteiger partial charge < -0.3 is 0 Å². The summed E-state index contributed by atoms with van der Waals surface area (Å²) in [6.45, 7) is 1.88. The van der Waals surface area contributed by atoms with Gasteiger partial charge in [-0.1, -0.05) is 6.42 Å². The van der Waals surface area contributed by atoms with Crippen LogP contribution in [0.2, 0.25) is 0 Å². The monoisotopic (exact) mass is 270 g/mol. The van der Waals surface area contributed by atoms with Crippen LogP contribution in [0.4, 0.5) is 0 Å². The summed E-state index contributed by atoms with van der Waals surface area (Å²) in [7, 11) is 0. The Bertz CT molecular complexity index is 556. The third-order valence-corrected chi connectivity index (χ3v) is 3.51. The van der Waals surface area contributed by atoms with Crippen LogP contribution >= 0.6 is 0 Å². The molecule has 2 aromatic rings. The normalized spacial score (nSPS) is 16.0. The number of hydrogen-bond donors (Lipinski definition) is 1. The van der Waals surface area contributed by atoms with Crippen LogP contribution in [0.15, 0.2) is 42.7 Å². The van der Waals surface area contributed by atoms with Crippen LogP contribution in [0.5, 0.6) is 0 Å². The van der Waals surface area contributed by atoms with Gasteiger partial charge in [-0.25, -0.2) is 9.69 Å². The number of benzene rings is 1. The third kappa shape index (κ3) is 2.88. The average molecular weight is 270 g/mol. The molecule has 5 heteroatoms. The standard InChI is InChI=1S/C15H18N4O/c20-15(17-18-10-2-1-3-11-18)13-5-7-14(8-6-13)19-12-4-9-16-19/h4-9,12H,1-3,10-11H2,(H,17,20). The van der Waals surface area contributed by atoms with Crippen LogP contribution < -0.4 is 5.43 Å². The Morgan fingerprint density at radius 3 is 2.50 bits per heavy atom. The minimum atomic E-state index is -0.0427. The van der Waals surface area contributed by atoms with Gasteiger partial charge >= 0.3 is 0 Å². The summed E-state index contributed by atoms with van der Waals surface area (Å²) >= 11 is 0. The van der Waals surface area contributed by atoms with Crippen molar-refractivity contribution in [3.05, 3.63) is 48.3 Å². The fourth-order valence-electron chi connectivity index (χ4n) is 2.40. The summed E-state index contributed by atoms with van der Waals surface area (Å²) < 4.78 is 1.77. The molecule has 104 valence electrons. The topological polar surface area (TPSA) is 50.2 Å². The van der Waals surface area contributed by atoms with E-state index in [1.54, 1.807) is 10.9 Å². The van der Waals surface area contributed by atoms with Gasteiger partial charge in [-0.05, 0) is 43.2 Å². The number of piperidine rings is 1. The third-order valence-electron chi connectivity index (χ3n) is 3.51. The first kappa shape index (κ1) is 12.9. The molecule has 0 bridgehead atoms. The molecule has 0 atom stereocenters. The van der Waals surface area contributed by atoms with Crippen molar-refractivity contribution in [1.29, 1.82) is 0 Å². The molecule has 1 aromatic heterocycles. The lowest BCUT2D eigenvalue weighted by molar-refractivity contribution is 0.0750. The molecule has 0 radical (unpaired) electrons. The number of nitrogens with zero attached hydrogens (tertiary/aromatic N) is 3. The van der Waals surface area contributed by atoms with Crippen molar-refractivity contribution in [3.8, 4) is 5.69 Å². The van der Waals surface area contributed by atoms with Gasteiger partial charge in [0, 0.05) is 31.0 Å².